The van der Waals surface area contributed by atoms with Crippen molar-refractivity contribution in [3.8, 4) is 0 Å². The third kappa shape index (κ3) is 3.61. The van der Waals surface area contributed by atoms with Crippen molar-refractivity contribution in [3.63, 3.8) is 0 Å². The summed E-state index contributed by atoms with van der Waals surface area (Å²) in [6, 6.07) is 3.67. The van der Waals surface area contributed by atoms with Crippen LogP contribution >= 0.6 is 0 Å². The molecule has 3 N–H and O–H groups in total. The topological polar surface area (TPSA) is 73.8 Å². The molecule has 92 valence electrons. The minimum atomic E-state index is 0.0285. The molecule has 1 aromatic rings. The summed E-state index contributed by atoms with van der Waals surface area (Å²) in [5.74, 6) is 0.801. The number of aliphatic hydroxyl groups is 3. The molecule has 1 heterocycles. The monoisotopic (exact) mass is 230 g/mol. The molecule has 0 radical (unpaired) electrons. The van der Waals surface area contributed by atoms with Crippen LogP contribution in [-0.2, 0) is 6.54 Å². The van der Waals surface area contributed by atoms with Gasteiger partial charge in [0.2, 0.25) is 0 Å². The van der Waals surface area contributed by atoms with Gasteiger partial charge < -0.3 is 24.2 Å². The zero-order valence-electron chi connectivity index (χ0n) is 9.38. The van der Waals surface area contributed by atoms with E-state index in [1.807, 2.05) is 6.07 Å². The summed E-state index contributed by atoms with van der Waals surface area (Å²) < 4.78 is 5.71. The summed E-state index contributed by atoms with van der Waals surface area (Å²) in [5.41, 5.74) is 0. The third-order valence-corrected chi connectivity index (χ3v) is 2.79. The van der Waals surface area contributed by atoms with Gasteiger partial charge in [-0.3, -0.25) is 0 Å². The second kappa shape index (κ2) is 6.65. The van der Waals surface area contributed by atoms with Crippen molar-refractivity contribution < 1.29 is 24.2 Å². The van der Waals surface area contributed by atoms with Gasteiger partial charge in [0, 0.05) is 0 Å². The van der Waals surface area contributed by atoms with E-state index in [4.69, 9.17) is 19.7 Å². The lowest BCUT2D eigenvalue weighted by Gasteiger charge is -2.36. The molecule has 0 fully saturated rings. The van der Waals surface area contributed by atoms with Crippen molar-refractivity contribution in [2.24, 2.45) is 0 Å². The lowest BCUT2D eigenvalue weighted by molar-refractivity contribution is -0.942. The first-order valence-corrected chi connectivity index (χ1v) is 5.46. The molecule has 0 aliphatic carbocycles. The highest BCUT2D eigenvalue weighted by molar-refractivity contribution is 4.96. The van der Waals surface area contributed by atoms with Crippen molar-refractivity contribution in [3.05, 3.63) is 24.2 Å². The van der Waals surface area contributed by atoms with E-state index in [0.29, 0.717) is 30.7 Å². The summed E-state index contributed by atoms with van der Waals surface area (Å²) >= 11 is 0. The van der Waals surface area contributed by atoms with E-state index in [9.17, 15) is 0 Å². The van der Waals surface area contributed by atoms with E-state index >= 15 is 0 Å². The Balaban J connectivity index is 2.73. The lowest BCUT2D eigenvalue weighted by Crippen LogP contribution is -2.52. The van der Waals surface area contributed by atoms with E-state index in [1.54, 1.807) is 12.3 Å². The van der Waals surface area contributed by atoms with Crippen LogP contribution in [0.15, 0.2) is 22.8 Å². The fourth-order valence-corrected chi connectivity index (χ4v) is 1.94. The van der Waals surface area contributed by atoms with Crippen molar-refractivity contribution in [2.45, 2.75) is 6.54 Å². The number of nitrogens with zero attached hydrogens (tertiary/aromatic N) is 1. The number of furan rings is 1. The normalized spacial score (nSPS) is 11.9. The fourth-order valence-electron chi connectivity index (χ4n) is 1.94. The Morgan fingerprint density at radius 2 is 1.56 bits per heavy atom. The molecule has 0 amide bonds. The Hall–Kier alpha value is -0.880. The van der Waals surface area contributed by atoms with Crippen LogP contribution in [0.25, 0.3) is 0 Å². The third-order valence-electron chi connectivity index (χ3n) is 2.79. The van der Waals surface area contributed by atoms with Gasteiger partial charge in [0.15, 0.2) is 5.76 Å². The summed E-state index contributed by atoms with van der Waals surface area (Å²) in [6.45, 7) is 2.17. The molecule has 5 nitrogen and oxygen atoms in total. The van der Waals surface area contributed by atoms with E-state index in [-0.39, 0.29) is 19.8 Å². The summed E-state index contributed by atoms with van der Waals surface area (Å²) in [4.78, 5) is 0. The molecule has 0 unspecified atom stereocenters. The fraction of sp³-hybridized carbons (Fsp3) is 0.636. The molecule has 0 aliphatic heterocycles. The van der Waals surface area contributed by atoms with Crippen molar-refractivity contribution in [1.82, 2.24) is 0 Å². The van der Waals surface area contributed by atoms with Crippen LogP contribution in [-0.4, -0.2) is 59.3 Å². The van der Waals surface area contributed by atoms with E-state index in [1.165, 1.54) is 0 Å². The molecular weight excluding hydrogens is 210 g/mol. The number of hydrogen-bond acceptors (Lipinski definition) is 4. The van der Waals surface area contributed by atoms with Crippen LogP contribution < -0.4 is 0 Å². The molecule has 16 heavy (non-hydrogen) atoms. The van der Waals surface area contributed by atoms with Crippen molar-refractivity contribution in [1.29, 1.82) is 0 Å². The van der Waals surface area contributed by atoms with E-state index in [2.05, 4.69) is 0 Å². The first kappa shape index (κ1) is 13.2. The van der Waals surface area contributed by atoms with Gasteiger partial charge >= 0.3 is 0 Å². The smallest absolute Gasteiger partial charge is 0.158 e. The molecule has 0 bridgehead atoms. The van der Waals surface area contributed by atoms with E-state index in [0.717, 1.165) is 5.76 Å². The zero-order chi connectivity index (χ0) is 11.9. The summed E-state index contributed by atoms with van der Waals surface area (Å²) in [7, 11) is 0. The van der Waals surface area contributed by atoms with E-state index < -0.39 is 0 Å². The molecule has 0 spiro atoms. The second-order valence-electron chi connectivity index (χ2n) is 3.92. The first-order valence-electron chi connectivity index (χ1n) is 5.46. The van der Waals surface area contributed by atoms with Gasteiger partial charge in [-0.25, -0.2) is 0 Å². The van der Waals surface area contributed by atoms with Gasteiger partial charge in [-0.1, -0.05) is 0 Å². The maximum absolute atomic E-state index is 9.07. The molecule has 0 aliphatic rings. The second-order valence-corrected chi connectivity index (χ2v) is 3.92. The quantitative estimate of drug-likeness (QED) is 0.530. The highest BCUT2D eigenvalue weighted by Gasteiger charge is 2.27. The van der Waals surface area contributed by atoms with Gasteiger partial charge in [-0.05, 0) is 12.1 Å². The summed E-state index contributed by atoms with van der Waals surface area (Å²) in [6.07, 6.45) is 1.60. The standard InChI is InChI=1S/C11H20NO4/c13-6-3-12(4-7-14,5-8-15)10-11-2-1-9-16-11/h1-2,9,13-15H,3-8,10H2/q+1. The van der Waals surface area contributed by atoms with Crippen LogP contribution in [0.3, 0.4) is 0 Å². The average molecular weight is 230 g/mol. The lowest BCUT2D eigenvalue weighted by atomic mass is 10.2. The Bertz CT molecular complexity index is 257. The Kier molecular flexibility index (Phi) is 5.48. The number of hydrogen-bond donors (Lipinski definition) is 3. The average Bonchev–Trinajstić information content (AvgIpc) is 2.71. The molecule has 0 atom stereocenters. The Labute approximate surface area is 95.1 Å². The Morgan fingerprint density at radius 3 is 1.94 bits per heavy atom. The van der Waals surface area contributed by atoms with Gasteiger partial charge in [0.25, 0.3) is 0 Å². The number of rotatable bonds is 8. The van der Waals surface area contributed by atoms with Crippen LogP contribution in [0.4, 0.5) is 0 Å². The summed E-state index contributed by atoms with van der Waals surface area (Å²) in [5, 5.41) is 27.2. The van der Waals surface area contributed by atoms with Crippen LogP contribution in [0, 0.1) is 0 Å². The van der Waals surface area contributed by atoms with Crippen LogP contribution in [0.5, 0.6) is 0 Å². The molecule has 0 aromatic carbocycles. The molecule has 0 saturated heterocycles. The van der Waals surface area contributed by atoms with Crippen LogP contribution in [0.1, 0.15) is 5.76 Å². The Morgan fingerprint density at radius 1 is 1.00 bits per heavy atom. The maximum Gasteiger partial charge on any atom is 0.158 e. The predicted molar refractivity (Wildman–Crippen MR) is 58.5 cm³/mol. The maximum atomic E-state index is 9.07. The predicted octanol–water partition coefficient (Wildman–Crippen LogP) is -0.427. The molecule has 1 aromatic heterocycles. The SMILES string of the molecule is OCC[N+](CCO)(CCO)Cc1ccco1. The van der Waals surface area contributed by atoms with Crippen molar-refractivity contribution in [2.75, 3.05) is 39.5 Å². The van der Waals surface area contributed by atoms with Gasteiger partial charge in [0.05, 0.1) is 26.1 Å². The van der Waals surface area contributed by atoms with Gasteiger partial charge in [0.1, 0.15) is 26.2 Å². The highest BCUT2D eigenvalue weighted by atomic mass is 16.3. The molecule has 1 rings (SSSR count). The van der Waals surface area contributed by atoms with Gasteiger partial charge in [-0.2, -0.15) is 0 Å². The molecule has 0 saturated carbocycles. The molecular formula is C11H20NO4+. The minimum absolute atomic E-state index is 0.0285. The van der Waals surface area contributed by atoms with Gasteiger partial charge in [-0.15, -0.1) is 0 Å². The largest absolute Gasteiger partial charge is 0.463 e. The highest BCUT2D eigenvalue weighted by Crippen LogP contribution is 2.14. The zero-order valence-corrected chi connectivity index (χ0v) is 9.38. The number of quaternary nitrogens is 1. The minimum Gasteiger partial charge on any atom is -0.463 e. The van der Waals surface area contributed by atoms with Crippen LogP contribution in [0.2, 0.25) is 0 Å². The number of aliphatic hydroxyl groups excluding tert-OH is 3. The molecule has 5 heteroatoms. The van der Waals surface area contributed by atoms with Crippen molar-refractivity contribution >= 4 is 0 Å². The first-order chi connectivity index (χ1) is 7.76.